The molecule has 4 nitrogen and oxygen atoms in total. The number of benzene rings is 1. The number of rotatable bonds is 4. The first-order valence-electron chi connectivity index (χ1n) is 7.27. The Balaban J connectivity index is 2.10. The first kappa shape index (κ1) is 16.2. The first-order valence-corrected chi connectivity index (χ1v) is 8.03. The highest BCUT2D eigenvalue weighted by molar-refractivity contribution is 6.36. The Kier molecular flexibility index (Phi) is 4.26. The van der Waals surface area contributed by atoms with Crippen LogP contribution >= 0.6 is 23.2 Å². The van der Waals surface area contributed by atoms with Crippen LogP contribution in [0, 0.1) is 0 Å². The molecule has 2 aromatic rings. The van der Waals surface area contributed by atoms with Gasteiger partial charge in [0.2, 0.25) is 0 Å². The quantitative estimate of drug-likeness (QED) is 0.740. The maximum absolute atomic E-state index is 10.1. The summed E-state index contributed by atoms with van der Waals surface area (Å²) >= 11 is 11.9. The topological polar surface area (TPSA) is 77.2 Å². The van der Waals surface area contributed by atoms with E-state index in [0.717, 1.165) is 24.2 Å². The van der Waals surface area contributed by atoms with Crippen LogP contribution in [0.5, 0.6) is 5.75 Å². The maximum Gasteiger partial charge on any atom is 0.143 e. The predicted octanol–water partition coefficient (Wildman–Crippen LogP) is 3.54. The lowest BCUT2D eigenvalue weighted by molar-refractivity contribution is 0.474. The minimum absolute atomic E-state index is 0.105. The standard InChI is InChI=1S/C16H16BCl2N3O/c17-7-10-5-14(21)15(22(10)9-1-2-9)6-13(20)11-3-8(18)4-12(19)16(11)23/h3-6,9,23H,1-2,7,20-21H2/b13-6-. The Morgan fingerprint density at radius 3 is 2.65 bits per heavy atom. The monoisotopic (exact) mass is 347 g/mol. The van der Waals surface area contributed by atoms with Crippen molar-refractivity contribution in [3.8, 4) is 5.75 Å². The van der Waals surface area contributed by atoms with E-state index >= 15 is 0 Å². The number of aromatic hydroxyl groups is 1. The van der Waals surface area contributed by atoms with Crippen LogP contribution < -0.4 is 11.5 Å². The second kappa shape index (κ2) is 6.06. The second-order valence-corrected chi connectivity index (χ2v) is 6.51. The number of phenols is 1. The van der Waals surface area contributed by atoms with Gasteiger partial charge in [-0.2, -0.15) is 0 Å². The number of nitrogens with two attached hydrogens (primary N) is 2. The summed E-state index contributed by atoms with van der Waals surface area (Å²) in [5.74, 6) is -0.105. The van der Waals surface area contributed by atoms with E-state index in [-0.39, 0.29) is 10.8 Å². The summed E-state index contributed by atoms with van der Waals surface area (Å²) in [6, 6.07) is 5.30. The number of phenolic OH excluding ortho intramolecular Hbond substituents is 1. The van der Waals surface area contributed by atoms with E-state index in [1.807, 2.05) is 6.07 Å². The van der Waals surface area contributed by atoms with Crippen LogP contribution in [-0.2, 0) is 6.32 Å². The van der Waals surface area contributed by atoms with Crippen molar-refractivity contribution < 1.29 is 5.11 Å². The summed E-state index contributed by atoms with van der Waals surface area (Å²) in [4.78, 5) is 0. The predicted molar refractivity (Wildman–Crippen MR) is 96.8 cm³/mol. The van der Waals surface area contributed by atoms with Crippen LogP contribution in [0.3, 0.4) is 0 Å². The fourth-order valence-electron chi connectivity index (χ4n) is 2.70. The third-order valence-electron chi connectivity index (χ3n) is 3.94. The third-order valence-corrected chi connectivity index (χ3v) is 4.45. The van der Waals surface area contributed by atoms with Gasteiger partial charge in [-0.1, -0.05) is 23.2 Å². The summed E-state index contributed by atoms with van der Waals surface area (Å²) in [6.07, 6.45) is 4.32. The SMILES string of the molecule is [B]Cc1cc(N)c(/C=C(\N)c2cc(Cl)cc(Cl)c2O)n1C1CC1. The molecule has 0 saturated heterocycles. The summed E-state index contributed by atoms with van der Waals surface area (Å²) < 4.78 is 2.12. The molecule has 1 aliphatic carbocycles. The Hall–Kier alpha value is -1.72. The van der Waals surface area contributed by atoms with Crippen LogP contribution in [0.25, 0.3) is 11.8 Å². The van der Waals surface area contributed by atoms with Crippen molar-refractivity contribution in [2.75, 3.05) is 5.73 Å². The summed E-state index contributed by atoms with van der Waals surface area (Å²) in [6.45, 7) is 0. The van der Waals surface area contributed by atoms with Crippen molar-refractivity contribution in [1.82, 2.24) is 4.57 Å². The van der Waals surface area contributed by atoms with Crippen LogP contribution in [-0.4, -0.2) is 17.5 Å². The Morgan fingerprint density at radius 2 is 2.04 bits per heavy atom. The molecule has 0 amide bonds. The van der Waals surface area contributed by atoms with Gasteiger partial charge in [-0.25, -0.2) is 0 Å². The molecule has 1 saturated carbocycles. The number of nitrogen functional groups attached to an aromatic ring is 1. The van der Waals surface area contributed by atoms with E-state index < -0.39 is 0 Å². The Morgan fingerprint density at radius 1 is 1.35 bits per heavy atom. The second-order valence-electron chi connectivity index (χ2n) is 5.67. The van der Waals surface area contributed by atoms with Crippen molar-refractivity contribution in [2.24, 2.45) is 5.73 Å². The molecule has 0 spiro atoms. The van der Waals surface area contributed by atoms with Gasteiger partial charge in [0.1, 0.15) is 5.75 Å². The molecule has 1 heterocycles. The van der Waals surface area contributed by atoms with Crippen molar-refractivity contribution in [2.45, 2.75) is 25.2 Å². The molecular formula is C16H16BCl2N3O. The van der Waals surface area contributed by atoms with Gasteiger partial charge in [-0.05, 0) is 43.4 Å². The number of aromatic nitrogens is 1. The molecule has 0 unspecified atom stereocenters. The van der Waals surface area contributed by atoms with Crippen molar-refractivity contribution >= 4 is 48.5 Å². The molecule has 118 valence electrons. The lowest BCUT2D eigenvalue weighted by Crippen LogP contribution is -2.05. The van der Waals surface area contributed by atoms with Gasteiger partial charge in [0.25, 0.3) is 0 Å². The molecule has 0 aliphatic heterocycles. The summed E-state index contributed by atoms with van der Waals surface area (Å²) in [5, 5.41) is 10.7. The fraction of sp³-hybridized carbons (Fsp3) is 0.250. The Bertz CT molecular complexity index is 797. The minimum Gasteiger partial charge on any atom is -0.506 e. The molecule has 7 heteroatoms. The van der Waals surface area contributed by atoms with Gasteiger partial charge in [0, 0.05) is 28.0 Å². The molecule has 1 aromatic heterocycles. The summed E-state index contributed by atoms with van der Waals surface area (Å²) in [7, 11) is 5.80. The van der Waals surface area contributed by atoms with Crippen molar-refractivity contribution in [1.29, 1.82) is 0 Å². The zero-order valence-electron chi connectivity index (χ0n) is 12.4. The number of nitrogens with zero attached hydrogens (tertiary/aromatic N) is 1. The van der Waals surface area contributed by atoms with Gasteiger partial charge in [-0.15, -0.1) is 0 Å². The van der Waals surface area contributed by atoms with E-state index in [9.17, 15) is 5.11 Å². The zero-order chi connectivity index (χ0) is 16.7. The van der Waals surface area contributed by atoms with E-state index in [2.05, 4.69) is 4.57 Å². The molecule has 23 heavy (non-hydrogen) atoms. The summed E-state index contributed by atoms with van der Waals surface area (Å²) in [5.41, 5.74) is 15.4. The van der Waals surface area contributed by atoms with Gasteiger partial charge in [-0.3, -0.25) is 0 Å². The average Bonchev–Trinajstić information content (AvgIpc) is 3.28. The molecule has 5 N–H and O–H groups in total. The van der Waals surface area contributed by atoms with Gasteiger partial charge >= 0.3 is 0 Å². The molecular weight excluding hydrogens is 332 g/mol. The third kappa shape index (κ3) is 3.03. The number of anilines is 1. The number of halogens is 2. The lowest BCUT2D eigenvalue weighted by Gasteiger charge is -2.12. The highest BCUT2D eigenvalue weighted by Crippen LogP contribution is 2.41. The highest BCUT2D eigenvalue weighted by atomic mass is 35.5. The van der Waals surface area contributed by atoms with Crippen LogP contribution in [0.4, 0.5) is 5.69 Å². The molecule has 0 atom stereocenters. The van der Waals surface area contributed by atoms with E-state index in [0.29, 0.717) is 34.3 Å². The minimum atomic E-state index is -0.105. The molecule has 1 fully saturated rings. The smallest absolute Gasteiger partial charge is 0.143 e. The van der Waals surface area contributed by atoms with Gasteiger partial charge in [0.05, 0.1) is 24.3 Å². The average molecular weight is 348 g/mol. The zero-order valence-corrected chi connectivity index (χ0v) is 13.9. The Labute approximate surface area is 146 Å². The molecule has 2 radical (unpaired) electrons. The molecule has 0 bridgehead atoms. The van der Waals surface area contributed by atoms with Crippen LogP contribution in [0.15, 0.2) is 18.2 Å². The van der Waals surface area contributed by atoms with E-state index in [1.165, 1.54) is 6.07 Å². The van der Waals surface area contributed by atoms with E-state index in [4.69, 9.17) is 42.5 Å². The molecule has 1 aliphatic rings. The van der Waals surface area contributed by atoms with Crippen LogP contribution in [0.1, 0.15) is 35.8 Å². The maximum atomic E-state index is 10.1. The lowest BCUT2D eigenvalue weighted by atomic mass is 10.0. The van der Waals surface area contributed by atoms with E-state index in [1.54, 1.807) is 12.1 Å². The van der Waals surface area contributed by atoms with Gasteiger partial charge in [0.15, 0.2) is 0 Å². The number of hydrogen-bond acceptors (Lipinski definition) is 3. The first-order chi connectivity index (χ1) is 10.9. The normalized spacial score (nSPS) is 15.1. The van der Waals surface area contributed by atoms with Crippen LogP contribution in [0.2, 0.25) is 10.0 Å². The fourth-order valence-corrected chi connectivity index (χ4v) is 3.20. The van der Waals surface area contributed by atoms with Crippen molar-refractivity contribution in [3.63, 3.8) is 0 Å². The molecule has 1 aromatic carbocycles. The number of hydrogen-bond donors (Lipinski definition) is 3. The van der Waals surface area contributed by atoms with Gasteiger partial charge < -0.3 is 21.1 Å². The van der Waals surface area contributed by atoms with Crippen molar-refractivity contribution in [3.05, 3.63) is 45.2 Å². The molecule has 3 rings (SSSR count). The highest BCUT2D eigenvalue weighted by Gasteiger charge is 2.28. The largest absolute Gasteiger partial charge is 0.506 e.